The Balaban J connectivity index is 0.937. The van der Waals surface area contributed by atoms with E-state index in [1.165, 1.54) is 86.0 Å². The van der Waals surface area contributed by atoms with Crippen LogP contribution in [0.15, 0.2) is 12.7 Å². The summed E-state index contributed by atoms with van der Waals surface area (Å²) in [6.45, 7) is 1.01. The molecular formula is C42H69N11O14P2S2. The first-order valence-corrected chi connectivity index (χ1v) is 28.1. The molecule has 4 aromatic heterocycles. The molecule has 6 unspecified atom stereocenters. The number of nitrogens with two attached hydrogens (primary N) is 2. The number of unbranched alkanes of at least 4 members (excludes halogenated alkanes) is 15. The van der Waals surface area contributed by atoms with Gasteiger partial charge in [0.25, 0.3) is 0 Å². The van der Waals surface area contributed by atoms with E-state index in [2.05, 4.69) is 42.1 Å². The molecule has 29 heteroatoms. The van der Waals surface area contributed by atoms with Crippen molar-refractivity contribution in [2.45, 2.75) is 172 Å². The maximum absolute atomic E-state index is 13.5. The predicted molar refractivity (Wildman–Crippen MR) is 264 cm³/mol. The molecule has 71 heavy (non-hydrogen) atoms. The van der Waals surface area contributed by atoms with E-state index in [-0.39, 0.29) is 56.0 Å². The fourth-order valence-electron chi connectivity index (χ4n) is 8.54. The topological polar surface area (TPSA) is 365 Å². The van der Waals surface area contributed by atoms with Gasteiger partial charge in [-0.25, -0.2) is 29.1 Å². The summed E-state index contributed by atoms with van der Waals surface area (Å²) in [5, 5.41) is 36.3. The molecule has 6 rings (SSSR count). The second-order valence-electron chi connectivity index (χ2n) is 17.8. The van der Waals surface area contributed by atoms with Gasteiger partial charge in [0, 0.05) is 13.0 Å². The van der Waals surface area contributed by atoms with Crippen molar-refractivity contribution in [3.05, 3.63) is 21.9 Å². The van der Waals surface area contributed by atoms with E-state index in [4.69, 9.17) is 63.5 Å². The Kier molecular flexibility index (Phi) is 21.8. The van der Waals surface area contributed by atoms with Crippen molar-refractivity contribution in [3.63, 3.8) is 0 Å². The van der Waals surface area contributed by atoms with Crippen LogP contribution in [0.1, 0.15) is 135 Å². The molecule has 1 amide bonds. The van der Waals surface area contributed by atoms with Gasteiger partial charge < -0.3 is 61.3 Å². The number of phosphoric ester groups is 2. The Bertz CT molecular complexity index is 2550. The highest BCUT2D eigenvalue weighted by Gasteiger charge is 2.51. The predicted octanol–water partition coefficient (Wildman–Crippen LogP) is 5.83. The maximum atomic E-state index is 13.5. The van der Waals surface area contributed by atoms with Gasteiger partial charge >= 0.3 is 15.6 Å². The number of carbonyl (C=O) groups is 1. The average Bonchev–Trinajstić information content (AvgIpc) is 4.08. The van der Waals surface area contributed by atoms with Gasteiger partial charge in [0.05, 0.1) is 32.5 Å². The van der Waals surface area contributed by atoms with Crippen molar-refractivity contribution in [1.29, 1.82) is 0 Å². The number of aromatic amines is 2. The number of nitrogens with zero attached hydrogens (tertiary/aromatic N) is 6. The minimum atomic E-state index is -5.23. The number of nitrogens with one attached hydrogen (secondary N) is 3. The summed E-state index contributed by atoms with van der Waals surface area (Å²) in [6.07, 6.45) is 9.25. The second kappa shape index (κ2) is 27.2. The molecule has 0 radical (unpaired) electrons. The molecule has 12 N–H and O–H groups in total. The summed E-state index contributed by atoms with van der Waals surface area (Å²) < 4.78 is 62.1. The van der Waals surface area contributed by atoms with Gasteiger partial charge in [-0.05, 0) is 19.3 Å². The number of carbonyl (C=O) groups excluding carboxylic acids is 1. The van der Waals surface area contributed by atoms with Crippen LogP contribution in [-0.2, 0) is 41.5 Å². The van der Waals surface area contributed by atoms with E-state index in [9.17, 15) is 39.0 Å². The molecule has 398 valence electrons. The highest BCUT2D eigenvalue weighted by atomic mass is 32.1. The molecule has 0 aliphatic carbocycles. The third-order valence-corrected chi connectivity index (χ3v) is 14.9. The lowest BCUT2D eigenvalue weighted by Crippen LogP contribution is -2.37. The monoisotopic (exact) mass is 1080 g/mol. The Morgan fingerprint density at radius 2 is 1.17 bits per heavy atom. The number of hydrogen-bond acceptors (Lipinski definition) is 20. The Labute approximate surface area is 421 Å². The minimum absolute atomic E-state index is 0.0262. The summed E-state index contributed by atoms with van der Waals surface area (Å²) in [5.74, 6) is -0.0982. The fourth-order valence-corrected chi connectivity index (χ4v) is 10.8. The Morgan fingerprint density at radius 3 is 1.75 bits per heavy atom. The van der Waals surface area contributed by atoms with Gasteiger partial charge in [0.15, 0.2) is 33.6 Å². The first kappa shape index (κ1) is 56.9. The van der Waals surface area contributed by atoms with Crippen LogP contribution in [0.5, 0.6) is 0 Å². The van der Waals surface area contributed by atoms with Gasteiger partial charge in [-0.3, -0.25) is 32.0 Å². The van der Waals surface area contributed by atoms with Gasteiger partial charge in [0.2, 0.25) is 5.91 Å². The number of hydrogen-bond donors (Lipinski definition) is 10. The number of H-pyrrole nitrogens is 2. The molecule has 0 saturated carbocycles. The quantitative estimate of drug-likeness (QED) is 0.0156. The Morgan fingerprint density at radius 1 is 0.690 bits per heavy atom. The van der Waals surface area contributed by atoms with Crippen molar-refractivity contribution in [2.24, 2.45) is 0 Å². The van der Waals surface area contributed by atoms with Crippen LogP contribution in [0, 0.1) is 9.28 Å². The molecule has 2 saturated heterocycles. The molecule has 2 aliphatic heterocycles. The summed E-state index contributed by atoms with van der Waals surface area (Å²) in [4.78, 5) is 55.6. The zero-order chi connectivity index (χ0) is 51.1. The van der Waals surface area contributed by atoms with Crippen LogP contribution < -0.4 is 16.8 Å². The molecule has 4 aromatic rings. The largest absolute Gasteiger partial charge is 0.472 e. The first-order chi connectivity index (χ1) is 34.0. The van der Waals surface area contributed by atoms with Crippen LogP contribution in [0.4, 0.5) is 11.9 Å². The van der Waals surface area contributed by atoms with Crippen LogP contribution >= 0.6 is 40.1 Å². The van der Waals surface area contributed by atoms with Crippen LogP contribution in [0.3, 0.4) is 0 Å². The van der Waals surface area contributed by atoms with E-state index in [1.54, 1.807) is 0 Å². The molecule has 0 aromatic carbocycles. The summed E-state index contributed by atoms with van der Waals surface area (Å²) in [6, 6.07) is 0. The van der Waals surface area contributed by atoms with Crippen LogP contribution in [0.25, 0.3) is 22.3 Å². The van der Waals surface area contributed by atoms with Crippen molar-refractivity contribution in [1.82, 2.24) is 44.4 Å². The van der Waals surface area contributed by atoms with Gasteiger partial charge in [-0.2, -0.15) is 0 Å². The molecule has 10 atom stereocenters. The first-order valence-electron chi connectivity index (χ1n) is 24.3. The highest BCUT2D eigenvalue weighted by Crippen LogP contribution is 2.51. The molecule has 2 aliphatic rings. The number of nitrogen functional groups attached to an aromatic ring is 2. The van der Waals surface area contributed by atoms with Crippen molar-refractivity contribution in [2.75, 3.05) is 37.8 Å². The highest BCUT2D eigenvalue weighted by molar-refractivity contribution is 7.71. The SMILES string of the molecule is CCCCCCCCCCCCCCCC(=O)NCCCCCCOP(=O)(O)OC[C@H]1O[C@@H](n2cnc3c(=S)nc(N)[nH]c32)C(O)C1OP(=O)(O)OC[C@H]1O[C@@H](n2cnc3c(=S)nc(N)[nH]c32)C(O)C1O. The number of ether oxygens (including phenoxy) is 2. The van der Waals surface area contributed by atoms with Crippen molar-refractivity contribution >= 4 is 80.2 Å². The lowest BCUT2D eigenvalue weighted by molar-refractivity contribution is -0.121. The standard InChI is InChI=1S/C42H69N11O14P2S2/c1-2-3-4-5-6-7-8-9-10-11-12-13-16-19-28(54)45-20-17-14-15-18-21-62-68(58,59)63-23-27-34(33(57)40(66-27)53-25-47-30-36(53)49-42(44)51-38(30)71)67-69(60,61)64-22-26-31(55)32(56)39(65-26)52-24-46-29-35(52)48-41(43)50-37(29)70/h24-27,31-34,39-40,55-57H,2-23H2,1H3,(H,45,54)(H,58,59)(H,60,61)(H3,43,48,50,70)(H3,44,49,51,71)/t26-,27-,31?,32?,33?,34?,39-,40-/m1/s1. The van der Waals surface area contributed by atoms with Gasteiger partial charge in [-0.15, -0.1) is 0 Å². The maximum Gasteiger partial charge on any atom is 0.472 e. The van der Waals surface area contributed by atoms with Crippen molar-refractivity contribution in [3.8, 4) is 0 Å². The third kappa shape index (κ3) is 16.3. The molecule has 25 nitrogen and oxygen atoms in total. The number of aromatic nitrogens is 8. The molecule has 6 heterocycles. The number of amides is 1. The molecular weight excluding hydrogens is 1010 g/mol. The lowest BCUT2D eigenvalue weighted by Gasteiger charge is -2.24. The summed E-state index contributed by atoms with van der Waals surface area (Å²) in [5.41, 5.74) is 12.5. The summed E-state index contributed by atoms with van der Waals surface area (Å²) in [7, 11) is -9.99. The minimum Gasteiger partial charge on any atom is -0.387 e. The number of rotatable bonds is 32. The zero-order valence-corrected chi connectivity index (χ0v) is 43.2. The van der Waals surface area contributed by atoms with Gasteiger partial charge in [0.1, 0.15) is 59.0 Å². The van der Waals surface area contributed by atoms with Crippen LogP contribution in [0.2, 0.25) is 0 Å². The van der Waals surface area contributed by atoms with Crippen molar-refractivity contribution < 1.29 is 66.6 Å². The number of aliphatic hydroxyl groups excluding tert-OH is 3. The number of aliphatic hydroxyl groups is 3. The molecule has 0 bridgehead atoms. The second-order valence-corrected chi connectivity index (χ2v) is 21.5. The number of anilines is 2. The zero-order valence-electron chi connectivity index (χ0n) is 39.8. The van der Waals surface area contributed by atoms with E-state index in [0.717, 1.165) is 32.1 Å². The van der Waals surface area contributed by atoms with E-state index in [1.807, 2.05) is 0 Å². The molecule has 2 fully saturated rings. The average molecular weight is 1080 g/mol. The number of fused-ring (bicyclic) bond motifs is 2. The van der Waals surface area contributed by atoms with Crippen LogP contribution in [-0.4, -0.2) is 133 Å². The van der Waals surface area contributed by atoms with E-state index < -0.39 is 77.9 Å². The molecule has 0 spiro atoms. The lowest BCUT2D eigenvalue weighted by atomic mass is 10.0. The summed E-state index contributed by atoms with van der Waals surface area (Å²) >= 11 is 10.5. The van der Waals surface area contributed by atoms with E-state index in [0.29, 0.717) is 25.8 Å². The van der Waals surface area contributed by atoms with Gasteiger partial charge in [-0.1, -0.05) is 121 Å². The number of imidazole rings is 2. The normalized spacial score (nSPS) is 24.2. The third-order valence-electron chi connectivity index (χ3n) is 12.3. The number of phosphoric acid groups is 2. The van der Waals surface area contributed by atoms with E-state index >= 15 is 0 Å². The Hall–Kier alpha value is -3.37. The fraction of sp³-hybridized carbons (Fsp3) is 0.738. The smallest absolute Gasteiger partial charge is 0.387 e.